The van der Waals surface area contributed by atoms with Crippen molar-refractivity contribution in [1.29, 1.82) is 5.26 Å². The van der Waals surface area contributed by atoms with Crippen LogP contribution in [0.2, 0.25) is 0 Å². The van der Waals surface area contributed by atoms with Gasteiger partial charge in [0.15, 0.2) is 0 Å². The molecule has 4 rings (SSSR count). The van der Waals surface area contributed by atoms with E-state index in [1.54, 1.807) is 35.6 Å². The third kappa shape index (κ3) is 4.40. The van der Waals surface area contributed by atoms with E-state index in [0.717, 1.165) is 31.5 Å². The van der Waals surface area contributed by atoms with Crippen LogP contribution in [0.5, 0.6) is 0 Å². The number of hydrogen-bond acceptors (Lipinski definition) is 6. The minimum absolute atomic E-state index is 0.00741. The van der Waals surface area contributed by atoms with Crippen molar-refractivity contribution in [1.82, 2.24) is 20.2 Å². The number of likely N-dealkylation sites (tertiary alicyclic amines) is 1. The molecule has 2 aliphatic rings. The zero-order valence-electron chi connectivity index (χ0n) is 16.7. The number of carbonyl (C=O) groups excluding carboxylic acids is 2. The van der Waals surface area contributed by atoms with Crippen LogP contribution in [0.15, 0.2) is 42.9 Å². The van der Waals surface area contributed by atoms with Gasteiger partial charge in [-0.2, -0.15) is 5.26 Å². The Bertz CT molecular complexity index is 950. The van der Waals surface area contributed by atoms with Gasteiger partial charge in [0, 0.05) is 57.2 Å². The Morgan fingerprint density at radius 3 is 2.77 bits per heavy atom. The van der Waals surface area contributed by atoms with Crippen molar-refractivity contribution in [2.75, 3.05) is 24.5 Å². The Labute approximate surface area is 175 Å². The fourth-order valence-corrected chi connectivity index (χ4v) is 4.10. The Hall–Kier alpha value is -3.47. The van der Waals surface area contributed by atoms with Crippen LogP contribution >= 0.6 is 0 Å². The van der Waals surface area contributed by atoms with Crippen LogP contribution in [0.25, 0.3) is 0 Å². The molecule has 2 aromatic rings. The summed E-state index contributed by atoms with van der Waals surface area (Å²) in [6.45, 7) is 2.39. The van der Waals surface area contributed by atoms with Gasteiger partial charge in [0.05, 0.1) is 11.5 Å². The van der Waals surface area contributed by atoms with Crippen LogP contribution in [0.3, 0.4) is 0 Å². The van der Waals surface area contributed by atoms with Crippen LogP contribution < -0.4 is 10.2 Å². The van der Waals surface area contributed by atoms with Crippen molar-refractivity contribution in [3.05, 3.63) is 54.0 Å². The molecule has 0 spiro atoms. The van der Waals surface area contributed by atoms with E-state index in [9.17, 15) is 14.9 Å². The summed E-state index contributed by atoms with van der Waals surface area (Å²) in [5.74, 6) is 0.351. The molecule has 8 nitrogen and oxygen atoms in total. The van der Waals surface area contributed by atoms with Crippen molar-refractivity contribution in [3.63, 3.8) is 0 Å². The van der Waals surface area contributed by atoms with Gasteiger partial charge in [-0.1, -0.05) is 6.07 Å². The van der Waals surface area contributed by atoms with Crippen LogP contribution in [-0.4, -0.2) is 52.4 Å². The van der Waals surface area contributed by atoms with Gasteiger partial charge in [-0.3, -0.25) is 14.6 Å². The lowest BCUT2D eigenvalue weighted by atomic mass is 10.0. The van der Waals surface area contributed by atoms with Crippen molar-refractivity contribution in [2.45, 2.75) is 31.8 Å². The van der Waals surface area contributed by atoms with E-state index < -0.39 is 0 Å². The number of carbonyl (C=O) groups is 2. The van der Waals surface area contributed by atoms with Gasteiger partial charge >= 0.3 is 0 Å². The van der Waals surface area contributed by atoms with Gasteiger partial charge in [-0.15, -0.1) is 0 Å². The van der Waals surface area contributed by atoms with Gasteiger partial charge in [0.25, 0.3) is 0 Å². The number of amides is 2. The first-order valence-corrected chi connectivity index (χ1v) is 10.2. The highest BCUT2D eigenvalue weighted by atomic mass is 16.2. The summed E-state index contributed by atoms with van der Waals surface area (Å²) in [7, 11) is 0. The molecule has 1 N–H and O–H groups in total. The molecule has 1 atom stereocenters. The number of anilines is 1. The molecule has 0 aromatic carbocycles. The number of nitriles is 1. The van der Waals surface area contributed by atoms with Crippen molar-refractivity contribution < 1.29 is 9.59 Å². The molecule has 0 bridgehead atoms. The van der Waals surface area contributed by atoms with Crippen LogP contribution in [0.4, 0.5) is 5.82 Å². The summed E-state index contributed by atoms with van der Waals surface area (Å²) < 4.78 is 0. The number of nitrogens with one attached hydrogen (secondary N) is 1. The summed E-state index contributed by atoms with van der Waals surface area (Å²) in [5.41, 5.74) is 1.53. The van der Waals surface area contributed by atoms with E-state index in [2.05, 4.69) is 26.3 Å². The summed E-state index contributed by atoms with van der Waals surface area (Å²) in [6.07, 6.45) is 6.96. The first kappa shape index (κ1) is 19.8. The van der Waals surface area contributed by atoms with Crippen LogP contribution in [-0.2, 0) is 16.1 Å². The topological polar surface area (TPSA) is 102 Å². The molecule has 4 heterocycles. The van der Waals surface area contributed by atoms with Crippen molar-refractivity contribution >= 4 is 17.6 Å². The Kier molecular flexibility index (Phi) is 5.89. The van der Waals surface area contributed by atoms with Crippen molar-refractivity contribution in [3.8, 4) is 6.07 Å². The Morgan fingerprint density at radius 1 is 1.23 bits per heavy atom. The largest absolute Gasteiger partial charge is 0.355 e. The molecule has 8 heteroatoms. The second kappa shape index (κ2) is 8.91. The van der Waals surface area contributed by atoms with E-state index in [0.29, 0.717) is 24.5 Å². The first-order chi connectivity index (χ1) is 14.6. The monoisotopic (exact) mass is 404 g/mol. The summed E-state index contributed by atoms with van der Waals surface area (Å²) in [6, 6.07) is 9.56. The number of piperidine rings is 1. The molecule has 154 valence electrons. The third-order valence-corrected chi connectivity index (χ3v) is 5.73. The highest BCUT2D eigenvalue weighted by Crippen LogP contribution is 2.23. The molecule has 0 saturated carbocycles. The Morgan fingerprint density at radius 2 is 2.03 bits per heavy atom. The van der Waals surface area contributed by atoms with E-state index in [4.69, 9.17) is 0 Å². The summed E-state index contributed by atoms with van der Waals surface area (Å²) >= 11 is 0. The first-order valence-electron chi connectivity index (χ1n) is 10.2. The van der Waals surface area contributed by atoms with Gasteiger partial charge in [-0.05, 0) is 36.6 Å². The molecule has 2 aliphatic heterocycles. The van der Waals surface area contributed by atoms with E-state index in [1.807, 2.05) is 12.1 Å². The van der Waals surface area contributed by atoms with Gasteiger partial charge in [-0.25, -0.2) is 4.98 Å². The second-order valence-corrected chi connectivity index (χ2v) is 7.79. The predicted octanol–water partition coefficient (Wildman–Crippen LogP) is 1.48. The normalized spacial score (nSPS) is 19.6. The fraction of sp³-hybridized carbons (Fsp3) is 0.409. The van der Waals surface area contributed by atoms with E-state index in [1.165, 1.54) is 0 Å². The lowest BCUT2D eigenvalue weighted by molar-refractivity contribution is -0.129. The summed E-state index contributed by atoms with van der Waals surface area (Å²) in [5, 5.41) is 12.4. The van der Waals surface area contributed by atoms with Crippen LogP contribution in [0.1, 0.15) is 30.4 Å². The van der Waals surface area contributed by atoms with Crippen molar-refractivity contribution in [2.24, 2.45) is 5.92 Å². The van der Waals surface area contributed by atoms with Gasteiger partial charge in [0.1, 0.15) is 11.9 Å². The highest BCUT2D eigenvalue weighted by molar-refractivity contribution is 5.89. The maximum absolute atomic E-state index is 12.7. The van der Waals surface area contributed by atoms with Gasteiger partial charge in [0.2, 0.25) is 11.8 Å². The zero-order chi connectivity index (χ0) is 20.9. The smallest absolute Gasteiger partial charge is 0.225 e. The molecule has 30 heavy (non-hydrogen) atoms. The number of aromatic nitrogens is 2. The molecular formula is C22H24N6O2. The summed E-state index contributed by atoms with van der Waals surface area (Å²) in [4.78, 5) is 37.3. The van der Waals surface area contributed by atoms with Crippen LogP contribution in [0, 0.1) is 17.2 Å². The molecule has 0 radical (unpaired) electrons. The average Bonchev–Trinajstić information content (AvgIpc) is 3.15. The van der Waals surface area contributed by atoms with E-state index >= 15 is 0 Å². The molecule has 2 amide bonds. The fourth-order valence-electron chi connectivity index (χ4n) is 4.10. The predicted molar refractivity (Wildman–Crippen MR) is 110 cm³/mol. The second-order valence-electron chi connectivity index (χ2n) is 7.79. The SMILES string of the molecule is N#Cc1cccnc1N1CCC(NC(=O)C2CC(=O)N(Cc3cccnc3)C2)CC1. The number of pyridine rings is 2. The Balaban J connectivity index is 1.28. The molecular weight excluding hydrogens is 380 g/mol. The maximum Gasteiger partial charge on any atom is 0.225 e. The molecule has 2 saturated heterocycles. The lowest BCUT2D eigenvalue weighted by Gasteiger charge is -2.33. The maximum atomic E-state index is 12.7. The zero-order valence-corrected chi connectivity index (χ0v) is 16.7. The van der Waals surface area contributed by atoms with Gasteiger partial charge < -0.3 is 15.1 Å². The quantitative estimate of drug-likeness (QED) is 0.810. The average molecular weight is 404 g/mol. The third-order valence-electron chi connectivity index (χ3n) is 5.73. The lowest BCUT2D eigenvalue weighted by Crippen LogP contribution is -2.47. The minimum Gasteiger partial charge on any atom is -0.355 e. The standard InChI is InChI=1S/C22H24N6O2/c23-12-17-4-2-8-25-21(17)27-9-5-19(6-10-27)26-22(30)18-11-20(29)28(15-18)14-16-3-1-7-24-13-16/h1-4,7-8,13,18-19H,5-6,9-11,14-15H2,(H,26,30). The molecule has 2 aromatic heterocycles. The number of hydrogen-bond donors (Lipinski definition) is 1. The number of nitrogens with zero attached hydrogens (tertiary/aromatic N) is 5. The highest BCUT2D eigenvalue weighted by Gasteiger charge is 2.35. The molecule has 0 aliphatic carbocycles. The molecule has 2 fully saturated rings. The molecule has 1 unspecified atom stereocenters. The van der Waals surface area contributed by atoms with E-state index in [-0.39, 0.29) is 30.2 Å². The number of rotatable bonds is 5. The minimum atomic E-state index is -0.312.